The summed E-state index contributed by atoms with van der Waals surface area (Å²) < 4.78 is 55.7. The van der Waals surface area contributed by atoms with Gasteiger partial charge < -0.3 is 5.32 Å². The van der Waals surface area contributed by atoms with Crippen LogP contribution in [0.3, 0.4) is 0 Å². The third kappa shape index (κ3) is 4.14. The quantitative estimate of drug-likeness (QED) is 0.289. The topological polar surface area (TPSA) is 75.1 Å². The molecule has 0 radical (unpaired) electrons. The standard InChI is InChI=1S/C27H19F4N5O/c28-22-11-16(23-14-32-24-8-2-17(15-36(23)24)18-12-33-34-13-18)1-7-21(22)25(37)35-26(9-10-26)19-3-5-20(6-4-19)27(29,30)31/h1-8,11-15H,9-10H2,(H,33,34)(H,35,37). The molecule has 0 saturated heterocycles. The van der Waals surface area contributed by atoms with Crippen LogP contribution in [0.2, 0.25) is 0 Å². The molecule has 2 N–H and O–H groups in total. The van der Waals surface area contributed by atoms with Gasteiger partial charge in [0.25, 0.3) is 5.91 Å². The van der Waals surface area contributed by atoms with Crippen molar-refractivity contribution in [1.29, 1.82) is 0 Å². The van der Waals surface area contributed by atoms with Crippen molar-refractivity contribution in [2.24, 2.45) is 0 Å². The molecular formula is C27H19F4N5O. The van der Waals surface area contributed by atoms with Crippen molar-refractivity contribution >= 4 is 11.6 Å². The van der Waals surface area contributed by atoms with Gasteiger partial charge >= 0.3 is 6.18 Å². The first kappa shape index (κ1) is 23.0. The SMILES string of the molecule is O=C(NC1(c2ccc(C(F)(F)F)cc2)CC1)c1ccc(-c2cnc3ccc(-c4cn[nH]c4)cn23)cc1F. The molecule has 6 nitrogen and oxygen atoms in total. The molecule has 1 aliphatic carbocycles. The first-order chi connectivity index (χ1) is 17.7. The van der Waals surface area contributed by atoms with E-state index in [1.165, 1.54) is 24.3 Å². The molecule has 0 aliphatic heterocycles. The molecule has 5 aromatic rings. The van der Waals surface area contributed by atoms with Gasteiger partial charge in [0.15, 0.2) is 0 Å². The van der Waals surface area contributed by atoms with E-state index in [9.17, 15) is 18.0 Å². The number of carbonyl (C=O) groups is 1. The number of carbonyl (C=O) groups excluding carboxylic acids is 1. The molecule has 3 aromatic heterocycles. The molecule has 37 heavy (non-hydrogen) atoms. The van der Waals surface area contributed by atoms with Gasteiger partial charge in [-0.1, -0.05) is 18.2 Å². The number of hydrogen-bond acceptors (Lipinski definition) is 3. The lowest BCUT2D eigenvalue weighted by atomic mass is 10.0. The Bertz CT molecular complexity index is 1620. The Balaban J connectivity index is 1.25. The number of aromatic amines is 1. The van der Waals surface area contributed by atoms with Crippen molar-refractivity contribution in [3.63, 3.8) is 0 Å². The molecular weight excluding hydrogens is 486 g/mol. The number of imidazole rings is 1. The molecule has 0 spiro atoms. The number of rotatable bonds is 5. The molecule has 2 aromatic carbocycles. The average Bonchev–Trinajstić information content (AvgIpc) is 3.27. The fourth-order valence-corrected chi connectivity index (χ4v) is 4.51. The van der Waals surface area contributed by atoms with Crippen molar-refractivity contribution in [3.05, 3.63) is 102 Å². The smallest absolute Gasteiger partial charge is 0.342 e. The van der Waals surface area contributed by atoms with Crippen LogP contribution in [0.25, 0.3) is 28.0 Å². The van der Waals surface area contributed by atoms with Crippen LogP contribution in [0.15, 0.2) is 79.4 Å². The van der Waals surface area contributed by atoms with E-state index in [0.29, 0.717) is 35.3 Å². The third-order valence-electron chi connectivity index (χ3n) is 6.71. The van der Waals surface area contributed by atoms with Gasteiger partial charge in [-0.25, -0.2) is 9.37 Å². The van der Waals surface area contributed by atoms with E-state index in [-0.39, 0.29) is 5.56 Å². The number of hydrogen-bond donors (Lipinski definition) is 2. The molecule has 1 saturated carbocycles. The number of aromatic nitrogens is 4. The summed E-state index contributed by atoms with van der Waals surface area (Å²) >= 11 is 0. The number of benzene rings is 2. The Hall–Kier alpha value is -4.47. The Labute approximate surface area is 208 Å². The van der Waals surface area contributed by atoms with Gasteiger partial charge in [0.2, 0.25) is 0 Å². The van der Waals surface area contributed by atoms with E-state index in [1.807, 2.05) is 22.7 Å². The summed E-state index contributed by atoms with van der Waals surface area (Å²) in [6.45, 7) is 0. The Morgan fingerprint density at radius 1 is 0.973 bits per heavy atom. The average molecular weight is 505 g/mol. The van der Waals surface area contributed by atoms with Gasteiger partial charge in [0, 0.05) is 29.1 Å². The Morgan fingerprint density at radius 3 is 2.38 bits per heavy atom. The number of nitrogens with one attached hydrogen (secondary N) is 2. The second kappa shape index (κ2) is 8.29. The van der Waals surface area contributed by atoms with Crippen LogP contribution < -0.4 is 5.32 Å². The first-order valence-corrected chi connectivity index (χ1v) is 11.5. The zero-order chi connectivity index (χ0) is 25.8. The van der Waals surface area contributed by atoms with E-state index < -0.39 is 29.0 Å². The largest absolute Gasteiger partial charge is 0.416 e. The number of nitrogens with zero attached hydrogens (tertiary/aromatic N) is 3. The van der Waals surface area contributed by atoms with Gasteiger partial charge in [-0.05, 0) is 54.8 Å². The number of pyridine rings is 1. The molecule has 1 aliphatic rings. The summed E-state index contributed by atoms with van der Waals surface area (Å²) in [5.74, 6) is -1.33. The number of H-pyrrole nitrogens is 1. The maximum Gasteiger partial charge on any atom is 0.416 e. The summed E-state index contributed by atoms with van der Waals surface area (Å²) in [4.78, 5) is 17.3. The maximum atomic E-state index is 15.1. The maximum absolute atomic E-state index is 15.1. The van der Waals surface area contributed by atoms with Crippen LogP contribution in [-0.2, 0) is 11.7 Å². The van der Waals surface area contributed by atoms with E-state index in [1.54, 1.807) is 24.7 Å². The lowest BCUT2D eigenvalue weighted by Crippen LogP contribution is -2.35. The molecule has 0 unspecified atom stereocenters. The summed E-state index contributed by atoms with van der Waals surface area (Å²) in [5.41, 5.74) is 2.51. The minimum absolute atomic E-state index is 0.144. The number of halogens is 4. The van der Waals surface area contributed by atoms with Crippen LogP contribution in [0.1, 0.15) is 34.3 Å². The second-order valence-electron chi connectivity index (χ2n) is 9.08. The molecule has 0 atom stereocenters. The van der Waals surface area contributed by atoms with Crippen LogP contribution in [0.5, 0.6) is 0 Å². The van der Waals surface area contributed by atoms with Crippen molar-refractivity contribution in [2.75, 3.05) is 0 Å². The zero-order valence-electron chi connectivity index (χ0n) is 19.2. The summed E-state index contributed by atoms with van der Waals surface area (Å²) in [7, 11) is 0. The fourth-order valence-electron chi connectivity index (χ4n) is 4.51. The molecule has 1 amide bonds. The molecule has 186 valence electrons. The molecule has 6 rings (SSSR count). The third-order valence-corrected chi connectivity index (χ3v) is 6.71. The predicted molar refractivity (Wildman–Crippen MR) is 128 cm³/mol. The van der Waals surface area contributed by atoms with Crippen LogP contribution in [0, 0.1) is 5.82 Å². The van der Waals surface area contributed by atoms with Crippen molar-refractivity contribution in [3.8, 4) is 22.4 Å². The van der Waals surface area contributed by atoms with Crippen LogP contribution in [0.4, 0.5) is 17.6 Å². The lowest BCUT2D eigenvalue weighted by Gasteiger charge is -2.19. The highest BCUT2D eigenvalue weighted by Gasteiger charge is 2.46. The van der Waals surface area contributed by atoms with Crippen LogP contribution >= 0.6 is 0 Å². The number of amides is 1. The minimum atomic E-state index is -4.44. The summed E-state index contributed by atoms with van der Waals surface area (Å²) in [5, 5.41) is 9.56. The Kier molecular flexibility index (Phi) is 5.15. The number of fused-ring (bicyclic) bond motifs is 1. The van der Waals surface area contributed by atoms with Crippen molar-refractivity contribution in [1.82, 2.24) is 24.9 Å². The minimum Gasteiger partial charge on any atom is -0.342 e. The zero-order valence-corrected chi connectivity index (χ0v) is 19.2. The van der Waals surface area contributed by atoms with Gasteiger partial charge in [0.1, 0.15) is 11.5 Å². The summed E-state index contributed by atoms with van der Waals surface area (Å²) in [6.07, 6.45) is 3.65. The molecule has 1 fully saturated rings. The summed E-state index contributed by atoms with van der Waals surface area (Å²) in [6, 6.07) is 12.8. The normalized spacial score (nSPS) is 14.6. The predicted octanol–water partition coefficient (Wildman–Crippen LogP) is 5.97. The van der Waals surface area contributed by atoms with Crippen LogP contribution in [-0.4, -0.2) is 25.5 Å². The van der Waals surface area contributed by atoms with Gasteiger partial charge in [-0.15, -0.1) is 0 Å². The van der Waals surface area contributed by atoms with E-state index in [0.717, 1.165) is 23.3 Å². The first-order valence-electron chi connectivity index (χ1n) is 11.5. The number of alkyl halides is 3. The van der Waals surface area contributed by atoms with E-state index >= 15 is 4.39 Å². The van der Waals surface area contributed by atoms with Crippen molar-refractivity contribution in [2.45, 2.75) is 24.6 Å². The molecule has 10 heteroatoms. The lowest BCUT2D eigenvalue weighted by molar-refractivity contribution is -0.137. The van der Waals surface area contributed by atoms with Gasteiger partial charge in [-0.3, -0.25) is 14.3 Å². The fraction of sp³-hybridized carbons (Fsp3) is 0.148. The second-order valence-corrected chi connectivity index (χ2v) is 9.08. The highest BCUT2D eigenvalue weighted by Crippen LogP contribution is 2.46. The highest BCUT2D eigenvalue weighted by molar-refractivity contribution is 5.96. The Morgan fingerprint density at radius 2 is 1.73 bits per heavy atom. The van der Waals surface area contributed by atoms with Gasteiger partial charge in [-0.2, -0.15) is 18.3 Å². The molecule has 3 heterocycles. The van der Waals surface area contributed by atoms with E-state index in [4.69, 9.17) is 0 Å². The van der Waals surface area contributed by atoms with Crippen molar-refractivity contribution < 1.29 is 22.4 Å². The van der Waals surface area contributed by atoms with Gasteiger partial charge in [0.05, 0.1) is 34.8 Å². The monoisotopic (exact) mass is 505 g/mol. The highest BCUT2D eigenvalue weighted by atomic mass is 19.4. The van der Waals surface area contributed by atoms with E-state index in [2.05, 4.69) is 20.5 Å². The molecule has 0 bridgehead atoms.